The Bertz CT molecular complexity index is 440. The van der Waals surface area contributed by atoms with Gasteiger partial charge in [-0.25, -0.2) is 4.79 Å². The minimum atomic E-state index is -0.251. The molecule has 0 aromatic heterocycles. The molecular weight excluding hydrogens is 240 g/mol. The molecule has 0 bridgehead atoms. The van der Waals surface area contributed by atoms with Crippen molar-refractivity contribution in [3.8, 4) is 0 Å². The summed E-state index contributed by atoms with van der Waals surface area (Å²) in [7, 11) is 0. The van der Waals surface area contributed by atoms with Crippen LogP contribution >= 0.6 is 0 Å². The van der Waals surface area contributed by atoms with Gasteiger partial charge in [-0.15, -0.1) is 0 Å². The van der Waals surface area contributed by atoms with Crippen LogP contribution in [0.2, 0.25) is 0 Å². The number of carbonyl (C=O) groups is 1. The van der Waals surface area contributed by atoms with E-state index < -0.39 is 0 Å². The lowest BCUT2D eigenvalue weighted by atomic mass is 10.1. The van der Waals surface area contributed by atoms with Crippen molar-refractivity contribution in [1.82, 2.24) is 4.90 Å². The smallest absolute Gasteiger partial charge is 0.338 e. The maximum atomic E-state index is 11.9. The molecule has 0 atom stereocenters. The lowest BCUT2D eigenvalue weighted by molar-refractivity contribution is 0.0490. The molecule has 1 heterocycles. The number of hydrogen-bond acceptors (Lipinski definition) is 4. The molecule has 0 unspecified atom stereocenters. The molecule has 19 heavy (non-hydrogen) atoms. The average Bonchev–Trinajstić information content (AvgIpc) is 2.87. The van der Waals surface area contributed by atoms with E-state index in [4.69, 9.17) is 10.5 Å². The van der Waals surface area contributed by atoms with Crippen LogP contribution in [0.1, 0.15) is 35.2 Å². The topological polar surface area (TPSA) is 55.6 Å². The molecular formula is C15H22N2O2. The van der Waals surface area contributed by atoms with Gasteiger partial charge in [-0.1, -0.05) is 0 Å². The van der Waals surface area contributed by atoms with Crippen molar-refractivity contribution in [3.05, 3.63) is 29.3 Å². The highest BCUT2D eigenvalue weighted by molar-refractivity contribution is 5.91. The second-order valence-electron chi connectivity index (χ2n) is 5.11. The number of carbonyl (C=O) groups excluding carboxylic acids is 1. The average molecular weight is 262 g/mol. The first-order chi connectivity index (χ1) is 9.16. The lowest BCUT2D eigenvalue weighted by Crippen LogP contribution is -2.22. The number of nitrogen functional groups attached to an aromatic ring is 1. The number of rotatable bonds is 5. The second kappa shape index (κ2) is 6.57. The first-order valence-corrected chi connectivity index (χ1v) is 6.92. The monoisotopic (exact) mass is 262 g/mol. The van der Waals surface area contributed by atoms with Crippen LogP contribution in [0.15, 0.2) is 18.2 Å². The Morgan fingerprint density at radius 2 is 2.11 bits per heavy atom. The molecule has 1 aliphatic heterocycles. The van der Waals surface area contributed by atoms with Gasteiger partial charge in [0.05, 0.1) is 12.2 Å². The van der Waals surface area contributed by atoms with Crippen LogP contribution in [0.4, 0.5) is 5.69 Å². The van der Waals surface area contributed by atoms with Crippen LogP contribution in [0.25, 0.3) is 0 Å². The normalized spacial score (nSPS) is 15.6. The number of likely N-dealkylation sites (tertiary alicyclic amines) is 1. The number of esters is 1. The van der Waals surface area contributed by atoms with Gasteiger partial charge >= 0.3 is 5.97 Å². The molecule has 0 amide bonds. The second-order valence-corrected chi connectivity index (χ2v) is 5.11. The molecule has 1 aliphatic rings. The van der Waals surface area contributed by atoms with Gasteiger partial charge in [0.2, 0.25) is 0 Å². The van der Waals surface area contributed by atoms with Crippen molar-refractivity contribution >= 4 is 11.7 Å². The number of anilines is 1. The summed E-state index contributed by atoms with van der Waals surface area (Å²) in [5.41, 5.74) is 7.80. The summed E-state index contributed by atoms with van der Waals surface area (Å²) in [5, 5.41) is 0. The molecule has 0 saturated carbocycles. The van der Waals surface area contributed by atoms with Crippen LogP contribution in [-0.2, 0) is 4.74 Å². The summed E-state index contributed by atoms with van der Waals surface area (Å²) in [6, 6.07) is 5.25. The molecule has 0 aliphatic carbocycles. The fourth-order valence-corrected chi connectivity index (χ4v) is 2.45. The fraction of sp³-hybridized carbons (Fsp3) is 0.533. The van der Waals surface area contributed by atoms with Crippen LogP contribution in [0, 0.1) is 6.92 Å². The molecule has 0 radical (unpaired) electrons. The zero-order chi connectivity index (χ0) is 13.7. The van der Waals surface area contributed by atoms with E-state index in [0.29, 0.717) is 17.9 Å². The van der Waals surface area contributed by atoms with E-state index in [-0.39, 0.29) is 5.97 Å². The first kappa shape index (κ1) is 13.9. The van der Waals surface area contributed by atoms with Gasteiger partial charge in [-0.2, -0.15) is 0 Å². The molecule has 0 spiro atoms. The predicted molar refractivity (Wildman–Crippen MR) is 76.2 cm³/mol. The Labute approximate surface area is 114 Å². The fourth-order valence-electron chi connectivity index (χ4n) is 2.45. The lowest BCUT2D eigenvalue weighted by Gasteiger charge is -2.14. The SMILES string of the molecule is Cc1cc(N)ccc1C(=O)OCCCN1CCCC1. The summed E-state index contributed by atoms with van der Waals surface area (Å²) in [5.74, 6) is -0.251. The highest BCUT2D eigenvalue weighted by atomic mass is 16.5. The van der Waals surface area contributed by atoms with Crippen LogP contribution in [-0.4, -0.2) is 37.1 Å². The molecule has 4 heteroatoms. The third-order valence-corrected chi connectivity index (χ3v) is 3.52. The minimum Gasteiger partial charge on any atom is -0.462 e. The summed E-state index contributed by atoms with van der Waals surface area (Å²) in [4.78, 5) is 14.3. The quantitative estimate of drug-likeness (QED) is 0.502. The van der Waals surface area contributed by atoms with Gasteiger partial charge in [0.25, 0.3) is 0 Å². The highest BCUT2D eigenvalue weighted by Crippen LogP contribution is 2.14. The van der Waals surface area contributed by atoms with Crippen LogP contribution in [0.3, 0.4) is 0 Å². The van der Waals surface area contributed by atoms with Gasteiger partial charge < -0.3 is 15.4 Å². The summed E-state index contributed by atoms with van der Waals surface area (Å²) in [6.45, 7) is 5.75. The Morgan fingerprint density at radius 3 is 2.79 bits per heavy atom. The summed E-state index contributed by atoms with van der Waals surface area (Å²) < 4.78 is 5.30. The van der Waals surface area contributed by atoms with Crippen molar-refractivity contribution in [1.29, 1.82) is 0 Å². The summed E-state index contributed by atoms with van der Waals surface area (Å²) >= 11 is 0. The standard InChI is InChI=1S/C15H22N2O2/c1-12-11-13(16)5-6-14(12)15(18)19-10-4-9-17-7-2-3-8-17/h5-6,11H,2-4,7-10,16H2,1H3. The number of benzene rings is 1. The zero-order valence-corrected chi connectivity index (χ0v) is 11.5. The molecule has 4 nitrogen and oxygen atoms in total. The molecule has 2 rings (SSSR count). The van der Waals surface area contributed by atoms with Crippen molar-refractivity contribution in [3.63, 3.8) is 0 Å². The maximum absolute atomic E-state index is 11.9. The number of aryl methyl sites for hydroxylation is 1. The molecule has 1 fully saturated rings. The number of nitrogens with two attached hydrogens (primary N) is 1. The highest BCUT2D eigenvalue weighted by Gasteiger charge is 2.12. The van der Waals surface area contributed by atoms with Gasteiger partial charge in [-0.05, 0) is 63.0 Å². The largest absolute Gasteiger partial charge is 0.462 e. The van der Waals surface area contributed by atoms with Gasteiger partial charge in [-0.3, -0.25) is 0 Å². The summed E-state index contributed by atoms with van der Waals surface area (Å²) in [6.07, 6.45) is 3.49. The Morgan fingerprint density at radius 1 is 1.37 bits per heavy atom. The van der Waals surface area contributed by atoms with E-state index in [0.717, 1.165) is 18.5 Å². The van der Waals surface area contributed by atoms with E-state index in [1.54, 1.807) is 18.2 Å². The van der Waals surface area contributed by atoms with Crippen molar-refractivity contribution in [2.24, 2.45) is 0 Å². The van der Waals surface area contributed by atoms with Crippen LogP contribution in [0.5, 0.6) is 0 Å². The molecule has 2 N–H and O–H groups in total. The third kappa shape index (κ3) is 3.96. The third-order valence-electron chi connectivity index (χ3n) is 3.52. The van der Waals surface area contributed by atoms with Crippen molar-refractivity contribution in [2.45, 2.75) is 26.2 Å². The van der Waals surface area contributed by atoms with E-state index in [2.05, 4.69) is 4.90 Å². The molecule has 104 valence electrons. The van der Waals surface area contributed by atoms with E-state index in [1.165, 1.54) is 25.9 Å². The first-order valence-electron chi connectivity index (χ1n) is 6.92. The van der Waals surface area contributed by atoms with Gasteiger partial charge in [0.15, 0.2) is 0 Å². The van der Waals surface area contributed by atoms with E-state index >= 15 is 0 Å². The maximum Gasteiger partial charge on any atom is 0.338 e. The predicted octanol–water partition coefficient (Wildman–Crippen LogP) is 2.22. The van der Waals surface area contributed by atoms with E-state index in [9.17, 15) is 4.79 Å². The number of ether oxygens (including phenoxy) is 1. The zero-order valence-electron chi connectivity index (χ0n) is 11.5. The minimum absolute atomic E-state index is 0.251. The Kier molecular flexibility index (Phi) is 4.80. The molecule has 1 saturated heterocycles. The van der Waals surface area contributed by atoms with Crippen molar-refractivity contribution < 1.29 is 9.53 Å². The van der Waals surface area contributed by atoms with Crippen LogP contribution < -0.4 is 5.73 Å². The Hall–Kier alpha value is -1.55. The van der Waals surface area contributed by atoms with Crippen molar-refractivity contribution in [2.75, 3.05) is 32.0 Å². The number of hydrogen-bond donors (Lipinski definition) is 1. The number of nitrogens with zero attached hydrogens (tertiary/aromatic N) is 1. The molecule has 1 aromatic carbocycles. The van der Waals surface area contributed by atoms with E-state index in [1.807, 2.05) is 6.92 Å². The Balaban J connectivity index is 1.74. The molecule has 1 aromatic rings. The van der Waals surface area contributed by atoms with Gasteiger partial charge in [0, 0.05) is 12.2 Å². The van der Waals surface area contributed by atoms with Gasteiger partial charge in [0.1, 0.15) is 0 Å².